The number of benzene rings is 3. The van der Waals surface area contributed by atoms with Crippen molar-refractivity contribution in [3.05, 3.63) is 95.1 Å². The van der Waals surface area contributed by atoms with Crippen molar-refractivity contribution in [2.45, 2.75) is 25.3 Å². The fourth-order valence-corrected chi connectivity index (χ4v) is 4.53. The second-order valence-electron chi connectivity index (χ2n) is 8.08. The van der Waals surface area contributed by atoms with E-state index in [0.717, 1.165) is 39.3 Å². The Bertz CT molecular complexity index is 1160. The number of carbonyl (C=O) groups is 2. The lowest BCUT2D eigenvalue weighted by Gasteiger charge is -2.37. The highest BCUT2D eigenvalue weighted by Gasteiger charge is 2.45. The van der Waals surface area contributed by atoms with Crippen molar-refractivity contribution in [1.82, 2.24) is 4.90 Å². The summed E-state index contributed by atoms with van der Waals surface area (Å²) in [6.45, 7) is 2.76. The van der Waals surface area contributed by atoms with E-state index in [4.69, 9.17) is 4.74 Å². The normalized spacial score (nSPS) is 14.2. The van der Waals surface area contributed by atoms with Crippen LogP contribution in [0.2, 0.25) is 0 Å². The molecular weight excluding hydrogens is 428 g/mol. The number of halogens is 2. The molecule has 0 spiro atoms. The van der Waals surface area contributed by atoms with Gasteiger partial charge in [0.2, 0.25) is 0 Å². The average Bonchev–Trinajstić information content (AvgIpc) is 3.11. The lowest BCUT2D eigenvalue weighted by Crippen LogP contribution is -2.53. The van der Waals surface area contributed by atoms with Gasteiger partial charge in [-0.1, -0.05) is 48.5 Å². The quantitative estimate of drug-likeness (QED) is 0.535. The highest BCUT2D eigenvalue weighted by atomic mass is 19.1. The molecule has 0 saturated heterocycles. The minimum Gasteiger partial charge on any atom is -0.479 e. The SMILES string of the molecule is CCN(C(=O)OCC1c2ccccc2-c2ccccc21)C(C)(C(=O)O)c1cc(F)cc(F)c1. The van der Waals surface area contributed by atoms with Gasteiger partial charge in [0.1, 0.15) is 18.2 Å². The summed E-state index contributed by atoms with van der Waals surface area (Å²) in [4.78, 5) is 26.3. The van der Waals surface area contributed by atoms with Crippen molar-refractivity contribution in [2.24, 2.45) is 0 Å². The predicted molar refractivity (Wildman–Crippen MR) is 119 cm³/mol. The van der Waals surface area contributed by atoms with Gasteiger partial charge in [0, 0.05) is 18.5 Å². The summed E-state index contributed by atoms with van der Waals surface area (Å²) in [6.07, 6.45) is -0.881. The molecule has 7 heteroatoms. The van der Waals surface area contributed by atoms with E-state index < -0.39 is 29.2 Å². The molecule has 5 nitrogen and oxygen atoms in total. The molecule has 170 valence electrons. The molecule has 1 atom stereocenters. The van der Waals surface area contributed by atoms with Gasteiger partial charge < -0.3 is 9.84 Å². The minimum absolute atomic E-state index is 0.00340. The van der Waals surface area contributed by atoms with Crippen molar-refractivity contribution in [2.75, 3.05) is 13.2 Å². The van der Waals surface area contributed by atoms with Crippen LogP contribution in [-0.2, 0) is 15.1 Å². The van der Waals surface area contributed by atoms with Gasteiger partial charge in [-0.25, -0.2) is 18.4 Å². The average molecular weight is 451 g/mol. The van der Waals surface area contributed by atoms with Crippen LogP contribution in [0.1, 0.15) is 36.5 Å². The van der Waals surface area contributed by atoms with Gasteiger partial charge in [-0.3, -0.25) is 4.90 Å². The summed E-state index contributed by atoms with van der Waals surface area (Å²) in [5, 5.41) is 9.96. The van der Waals surface area contributed by atoms with Crippen LogP contribution < -0.4 is 0 Å². The van der Waals surface area contributed by atoms with Crippen molar-refractivity contribution in [3.63, 3.8) is 0 Å². The first-order valence-electron chi connectivity index (χ1n) is 10.6. The van der Waals surface area contributed by atoms with Crippen LogP contribution >= 0.6 is 0 Å². The van der Waals surface area contributed by atoms with Gasteiger partial charge in [-0.2, -0.15) is 0 Å². The second-order valence-corrected chi connectivity index (χ2v) is 8.08. The molecule has 3 aromatic carbocycles. The Balaban J connectivity index is 1.62. The van der Waals surface area contributed by atoms with E-state index in [1.807, 2.05) is 48.5 Å². The number of carbonyl (C=O) groups excluding carboxylic acids is 1. The largest absolute Gasteiger partial charge is 0.479 e. The van der Waals surface area contributed by atoms with Gasteiger partial charge in [0.05, 0.1) is 0 Å². The first kappa shape index (κ1) is 22.5. The molecule has 1 amide bonds. The molecule has 33 heavy (non-hydrogen) atoms. The van der Waals surface area contributed by atoms with Crippen LogP contribution in [0, 0.1) is 11.6 Å². The topological polar surface area (TPSA) is 66.8 Å². The molecule has 4 rings (SSSR count). The summed E-state index contributed by atoms with van der Waals surface area (Å²) >= 11 is 0. The Labute approximate surface area is 190 Å². The number of rotatable bonds is 6. The second kappa shape index (κ2) is 8.65. The van der Waals surface area contributed by atoms with Gasteiger partial charge >= 0.3 is 12.1 Å². The van der Waals surface area contributed by atoms with Crippen LogP contribution in [0.3, 0.4) is 0 Å². The Morgan fingerprint density at radius 1 is 0.970 bits per heavy atom. The smallest absolute Gasteiger partial charge is 0.411 e. The van der Waals surface area contributed by atoms with Crippen LogP contribution in [0.4, 0.5) is 13.6 Å². The summed E-state index contributed by atoms with van der Waals surface area (Å²) in [7, 11) is 0. The number of amides is 1. The third-order valence-electron chi connectivity index (χ3n) is 6.25. The van der Waals surface area contributed by atoms with Crippen LogP contribution in [0.5, 0.6) is 0 Å². The van der Waals surface area contributed by atoms with Crippen LogP contribution in [-0.4, -0.2) is 35.2 Å². The van der Waals surface area contributed by atoms with E-state index in [2.05, 4.69) is 0 Å². The molecular formula is C26H23F2NO4. The Hall–Kier alpha value is -3.74. The predicted octanol–water partition coefficient (Wildman–Crippen LogP) is 5.54. The van der Waals surface area contributed by atoms with Gasteiger partial charge in [-0.15, -0.1) is 0 Å². The monoisotopic (exact) mass is 451 g/mol. The first-order chi connectivity index (χ1) is 15.8. The summed E-state index contributed by atoms with van der Waals surface area (Å²) < 4.78 is 33.3. The Morgan fingerprint density at radius 2 is 1.48 bits per heavy atom. The number of nitrogens with zero attached hydrogens (tertiary/aromatic N) is 1. The van der Waals surface area contributed by atoms with Crippen LogP contribution in [0.15, 0.2) is 66.7 Å². The minimum atomic E-state index is -2.03. The Kier molecular flexibility index (Phi) is 5.89. The highest BCUT2D eigenvalue weighted by molar-refractivity contribution is 5.86. The zero-order chi connectivity index (χ0) is 23.8. The molecule has 3 aromatic rings. The molecule has 0 saturated carbocycles. The van der Waals surface area contributed by atoms with Gasteiger partial charge in [-0.05, 0) is 53.8 Å². The third kappa shape index (κ3) is 3.84. The summed E-state index contributed by atoms with van der Waals surface area (Å²) in [6, 6.07) is 18.2. The van der Waals surface area contributed by atoms with Crippen LogP contribution in [0.25, 0.3) is 11.1 Å². The zero-order valence-electron chi connectivity index (χ0n) is 18.2. The number of likely N-dealkylation sites (N-methyl/N-ethyl adjacent to an activating group) is 1. The molecule has 1 aliphatic rings. The van der Waals surface area contributed by atoms with E-state index in [-0.39, 0.29) is 24.6 Å². The summed E-state index contributed by atoms with van der Waals surface area (Å²) in [5.74, 6) is -3.49. The van der Waals surface area contributed by atoms with E-state index in [9.17, 15) is 23.5 Å². The molecule has 0 bridgehead atoms. The summed E-state index contributed by atoms with van der Waals surface area (Å²) in [5.41, 5.74) is 1.94. The number of carboxylic acid groups (broad SMARTS) is 1. The fraction of sp³-hybridized carbons (Fsp3) is 0.231. The maximum atomic E-state index is 13.9. The molecule has 1 aliphatic carbocycles. The maximum absolute atomic E-state index is 13.9. The van der Waals surface area contributed by atoms with E-state index in [1.165, 1.54) is 6.92 Å². The number of hydrogen-bond donors (Lipinski definition) is 1. The zero-order valence-corrected chi connectivity index (χ0v) is 18.2. The Morgan fingerprint density at radius 3 is 1.97 bits per heavy atom. The molecule has 0 aliphatic heterocycles. The molecule has 1 unspecified atom stereocenters. The lowest BCUT2D eigenvalue weighted by molar-refractivity contribution is -0.150. The van der Waals surface area contributed by atoms with Gasteiger partial charge in [0.15, 0.2) is 5.54 Å². The molecule has 0 aromatic heterocycles. The van der Waals surface area contributed by atoms with E-state index >= 15 is 0 Å². The van der Waals surface area contributed by atoms with Crippen molar-refractivity contribution in [3.8, 4) is 11.1 Å². The number of carboxylic acids is 1. The number of fused-ring (bicyclic) bond motifs is 3. The lowest BCUT2D eigenvalue weighted by atomic mass is 9.90. The maximum Gasteiger partial charge on any atom is 0.411 e. The van der Waals surface area contributed by atoms with E-state index in [0.29, 0.717) is 6.07 Å². The molecule has 0 radical (unpaired) electrons. The molecule has 1 N–H and O–H groups in total. The van der Waals surface area contributed by atoms with Crippen molar-refractivity contribution >= 4 is 12.1 Å². The molecule has 0 heterocycles. The fourth-order valence-electron chi connectivity index (χ4n) is 4.53. The number of aliphatic carboxylic acids is 1. The standard InChI is InChI=1S/C26H23F2NO4/c1-3-29(26(2,24(30)31)16-12-17(27)14-18(28)13-16)25(32)33-15-23-21-10-6-4-8-19(21)20-9-5-7-11-22(20)23/h4-14,23H,3,15H2,1-2H3,(H,30,31). The highest BCUT2D eigenvalue weighted by Crippen LogP contribution is 2.44. The number of hydrogen-bond acceptors (Lipinski definition) is 3. The molecule has 0 fully saturated rings. The van der Waals surface area contributed by atoms with E-state index in [1.54, 1.807) is 6.92 Å². The van der Waals surface area contributed by atoms with Gasteiger partial charge in [0.25, 0.3) is 0 Å². The van der Waals surface area contributed by atoms with Crippen molar-refractivity contribution in [1.29, 1.82) is 0 Å². The van der Waals surface area contributed by atoms with Crippen molar-refractivity contribution < 1.29 is 28.2 Å². The third-order valence-corrected chi connectivity index (χ3v) is 6.25. The number of ether oxygens (including phenoxy) is 1. The first-order valence-corrected chi connectivity index (χ1v) is 10.6.